The van der Waals surface area contributed by atoms with Gasteiger partial charge in [0.25, 0.3) is 0 Å². The molecule has 17 heavy (non-hydrogen) atoms. The highest BCUT2D eigenvalue weighted by atomic mass is 16.5. The topological polar surface area (TPSA) is 26.3 Å². The van der Waals surface area contributed by atoms with Crippen LogP contribution in [0.1, 0.15) is 49.0 Å². The summed E-state index contributed by atoms with van der Waals surface area (Å²) in [5.74, 6) is 1.35. The molecule has 2 heteroatoms. The summed E-state index contributed by atoms with van der Waals surface area (Å²) < 4.78 is 5.55. The summed E-state index contributed by atoms with van der Waals surface area (Å²) >= 11 is 0. The fraction of sp³-hybridized carbons (Fsp3) is 0.533. The van der Waals surface area contributed by atoms with Gasteiger partial charge in [-0.15, -0.1) is 0 Å². The highest BCUT2D eigenvalue weighted by molar-refractivity contribution is 5.98. The van der Waals surface area contributed by atoms with Gasteiger partial charge in [0.05, 0.1) is 6.61 Å². The molecule has 92 valence electrons. The second-order valence-corrected chi connectivity index (χ2v) is 4.83. The third kappa shape index (κ3) is 2.68. The number of carbonyl (C=O) groups is 1. The lowest BCUT2D eigenvalue weighted by atomic mass is 9.93. The van der Waals surface area contributed by atoms with Crippen LogP contribution in [0.3, 0.4) is 0 Å². The molecule has 0 amide bonds. The van der Waals surface area contributed by atoms with Crippen molar-refractivity contribution in [2.75, 3.05) is 6.61 Å². The van der Waals surface area contributed by atoms with E-state index < -0.39 is 0 Å². The Balaban J connectivity index is 2.19. The number of ether oxygens (including phenoxy) is 1. The van der Waals surface area contributed by atoms with E-state index in [0.717, 1.165) is 43.6 Å². The van der Waals surface area contributed by atoms with Crippen LogP contribution in [-0.4, -0.2) is 12.4 Å². The molecule has 0 aromatic heterocycles. The molecule has 1 atom stereocenters. The highest BCUT2D eigenvalue weighted by Gasteiger charge is 2.17. The van der Waals surface area contributed by atoms with Gasteiger partial charge in [-0.05, 0) is 43.0 Å². The van der Waals surface area contributed by atoms with Crippen LogP contribution in [0, 0.1) is 5.92 Å². The molecule has 1 heterocycles. The number of benzene rings is 1. The summed E-state index contributed by atoms with van der Waals surface area (Å²) in [6.07, 6.45) is 4.10. The van der Waals surface area contributed by atoms with Crippen molar-refractivity contribution >= 4 is 5.78 Å². The maximum atomic E-state index is 12.2. The fourth-order valence-electron chi connectivity index (χ4n) is 2.36. The zero-order valence-corrected chi connectivity index (χ0v) is 10.7. The first kappa shape index (κ1) is 12.2. The molecule has 0 N–H and O–H groups in total. The molecule has 2 rings (SSSR count). The van der Waals surface area contributed by atoms with Crippen LogP contribution in [0.15, 0.2) is 18.2 Å². The molecule has 0 spiro atoms. The number of carbonyl (C=O) groups excluding carboxylic acids is 1. The maximum Gasteiger partial charge on any atom is 0.165 e. The van der Waals surface area contributed by atoms with Crippen molar-refractivity contribution in [2.45, 2.75) is 39.5 Å². The van der Waals surface area contributed by atoms with E-state index in [0.29, 0.717) is 0 Å². The van der Waals surface area contributed by atoms with Crippen molar-refractivity contribution in [1.82, 2.24) is 0 Å². The van der Waals surface area contributed by atoms with Gasteiger partial charge in [0.1, 0.15) is 5.75 Å². The molecule has 1 unspecified atom stereocenters. The highest BCUT2D eigenvalue weighted by Crippen LogP contribution is 2.26. The normalized spacial score (nSPS) is 15.9. The van der Waals surface area contributed by atoms with Crippen LogP contribution in [0.4, 0.5) is 0 Å². The van der Waals surface area contributed by atoms with Crippen LogP contribution in [0.5, 0.6) is 5.75 Å². The number of ketones is 1. The van der Waals surface area contributed by atoms with Gasteiger partial charge in [-0.1, -0.05) is 20.3 Å². The Bertz CT molecular complexity index is 409. The zero-order valence-electron chi connectivity index (χ0n) is 10.7. The molecule has 0 aliphatic carbocycles. The van der Waals surface area contributed by atoms with E-state index in [1.54, 1.807) is 0 Å². The minimum absolute atomic E-state index is 0.127. The largest absolute Gasteiger partial charge is 0.493 e. The molecular formula is C15H20O2. The van der Waals surface area contributed by atoms with Gasteiger partial charge in [0, 0.05) is 11.5 Å². The van der Waals surface area contributed by atoms with Gasteiger partial charge in [-0.3, -0.25) is 4.79 Å². The minimum Gasteiger partial charge on any atom is -0.493 e. The number of hydrogen-bond donors (Lipinski definition) is 0. The predicted molar refractivity (Wildman–Crippen MR) is 68.7 cm³/mol. The molecule has 0 radical (unpaired) electrons. The van der Waals surface area contributed by atoms with Crippen LogP contribution in [0.2, 0.25) is 0 Å². The molecule has 0 bridgehead atoms. The Kier molecular flexibility index (Phi) is 3.82. The molecule has 0 fully saturated rings. The Morgan fingerprint density at radius 2 is 2.29 bits per heavy atom. The number of aryl methyl sites for hydroxylation is 1. The average molecular weight is 232 g/mol. The maximum absolute atomic E-state index is 12.2. The Labute approximate surface area is 103 Å². The smallest absolute Gasteiger partial charge is 0.165 e. The lowest BCUT2D eigenvalue weighted by molar-refractivity contribution is 0.0923. The van der Waals surface area contributed by atoms with Gasteiger partial charge in [0.2, 0.25) is 0 Å². The van der Waals surface area contributed by atoms with Gasteiger partial charge < -0.3 is 4.74 Å². The summed E-state index contributed by atoms with van der Waals surface area (Å²) in [4.78, 5) is 12.2. The minimum atomic E-state index is 0.127. The van der Waals surface area contributed by atoms with Gasteiger partial charge in [-0.2, -0.15) is 0 Å². The van der Waals surface area contributed by atoms with Crippen molar-refractivity contribution in [3.8, 4) is 5.75 Å². The van der Waals surface area contributed by atoms with Crippen molar-refractivity contribution in [1.29, 1.82) is 0 Å². The van der Waals surface area contributed by atoms with Crippen LogP contribution in [0.25, 0.3) is 0 Å². The second-order valence-electron chi connectivity index (χ2n) is 4.83. The van der Waals surface area contributed by atoms with E-state index in [-0.39, 0.29) is 11.7 Å². The van der Waals surface area contributed by atoms with E-state index in [9.17, 15) is 4.79 Å². The second kappa shape index (κ2) is 5.35. The third-order valence-electron chi connectivity index (χ3n) is 3.36. The van der Waals surface area contributed by atoms with Crippen molar-refractivity contribution in [2.24, 2.45) is 5.92 Å². The summed E-state index contributed by atoms with van der Waals surface area (Å²) in [5.41, 5.74) is 2.03. The predicted octanol–water partition coefficient (Wildman–Crippen LogP) is 3.63. The van der Waals surface area contributed by atoms with Gasteiger partial charge in [-0.25, -0.2) is 0 Å². The van der Waals surface area contributed by atoms with Crippen LogP contribution >= 0.6 is 0 Å². The number of Topliss-reactive ketones (excluding diaryl/α,β-unsaturated/α-hetero) is 1. The molecule has 2 nitrogen and oxygen atoms in total. The number of fused-ring (bicyclic) bond motifs is 1. The standard InChI is InChI=1S/C15H20O2/c1-3-5-11(2)15(16)13-7-8-14-12(10-13)6-4-9-17-14/h7-8,10-11H,3-6,9H2,1-2H3. The van der Waals surface area contributed by atoms with E-state index in [1.807, 2.05) is 25.1 Å². The first-order valence-electron chi connectivity index (χ1n) is 6.52. The fourth-order valence-corrected chi connectivity index (χ4v) is 2.36. The number of hydrogen-bond acceptors (Lipinski definition) is 2. The Morgan fingerprint density at radius 3 is 3.06 bits per heavy atom. The molecule has 1 aliphatic heterocycles. The monoisotopic (exact) mass is 232 g/mol. The van der Waals surface area contributed by atoms with Crippen molar-refractivity contribution < 1.29 is 9.53 Å². The van der Waals surface area contributed by atoms with Crippen molar-refractivity contribution in [3.63, 3.8) is 0 Å². The molecule has 1 aromatic rings. The SMILES string of the molecule is CCCC(C)C(=O)c1ccc2c(c1)CCCO2. The quantitative estimate of drug-likeness (QED) is 0.741. The van der Waals surface area contributed by atoms with Gasteiger partial charge in [0.15, 0.2) is 5.78 Å². The number of rotatable bonds is 4. The average Bonchev–Trinajstić information content (AvgIpc) is 2.37. The summed E-state index contributed by atoms with van der Waals surface area (Å²) in [7, 11) is 0. The van der Waals surface area contributed by atoms with Crippen molar-refractivity contribution in [3.05, 3.63) is 29.3 Å². The molecule has 0 saturated carbocycles. The third-order valence-corrected chi connectivity index (χ3v) is 3.36. The molecular weight excluding hydrogens is 212 g/mol. The van der Waals surface area contributed by atoms with E-state index in [1.165, 1.54) is 5.56 Å². The molecule has 0 saturated heterocycles. The summed E-state index contributed by atoms with van der Waals surface area (Å²) in [5, 5.41) is 0. The van der Waals surface area contributed by atoms with Crippen LogP contribution in [-0.2, 0) is 6.42 Å². The Morgan fingerprint density at radius 1 is 1.47 bits per heavy atom. The van der Waals surface area contributed by atoms with Crippen LogP contribution < -0.4 is 4.74 Å². The van der Waals surface area contributed by atoms with E-state index in [4.69, 9.17) is 4.74 Å². The molecule has 1 aromatic carbocycles. The lowest BCUT2D eigenvalue weighted by Crippen LogP contribution is -2.13. The van der Waals surface area contributed by atoms with E-state index in [2.05, 4.69) is 6.92 Å². The Hall–Kier alpha value is -1.31. The first-order valence-corrected chi connectivity index (χ1v) is 6.52. The summed E-state index contributed by atoms with van der Waals surface area (Å²) in [6, 6.07) is 5.86. The lowest BCUT2D eigenvalue weighted by Gasteiger charge is -2.18. The van der Waals surface area contributed by atoms with Gasteiger partial charge >= 0.3 is 0 Å². The summed E-state index contributed by atoms with van der Waals surface area (Å²) in [6.45, 7) is 4.93. The molecule has 1 aliphatic rings. The zero-order chi connectivity index (χ0) is 12.3. The van der Waals surface area contributed by atoms with E-state index >= 15 is 0 Å². The first-order chi connectivity index (χ1) is 8.22.